The van der Waals surface area contributed by atoms with Crippen LogP contribution in [0.15, 0.2) is 35.2 Å². The minimum absolute atomic E-state index is 0.0389. The number of pyridine rings is 1. The summed E-state index contributed by atoms with van der Waals surface area (Å²) in [5.74, 6) is 0. The van der Waals surface area contributed by atoms with Crippen molar-refractivity contribution in [2.24, 2.45) is 0 Å². The van der Waals surface area contributed by atoms with Gasteiger partial charge in [0.05, 0.1) is 11.9 Å². The van der Waals surface area contributed by atoms with Crippen LogP contribution in [0.2, 0.25) is 0 Å². The van der Waals surface area contributed by atoms with Crippen LogP contribution in [0.5, 0.6) is 0 Å². The normalized spacial score (nSPS) is 9.35. The highest BCUT2D eigenvalue weighted by Crippen LogP contribution is 2.08. The predicted octanol–water partition coefficient (Wildman–Crippen LogP) is 1.59. The Balaban J connectivity index is 1.96. The summed E-state index contributed by atoms with van der Waals surface area (Å²) in [4.78, 5) is 19.0. The van der Waals surface area contributed by atoms with E-state index in [4.69, 9.17) is 9.68 Å². The average molecular weight is 229 g/mol. The van der Waals surface area contributed by atoms with Crippen LogP contribution in [0.3, 0.4) is 0 Å². The van der Waals surface area contributed by atoms with E-state index >= 15 is 0 Å². The summed E-state index contributed by atoms with van der Waals surface area (Å²) in [6.07, 6.45) is 4.24. The van der Waals surface area contributed by atoms with Crippen LogP contribution < -0.4 is 10.6 Å². The van der Waals surface area contributed by atoms with Gasteiger partial charge in [-0.25, -0.2) is 4.79 Å². The summed E-state index contributed by atoms with van der Waals surface area (Å²) >= 11 is 0. The van der Waals surface area contributed by atoms with Gasteiger partial charge in [0.15, 0.2) is 5.69 Å². The lowest BCUT2D eigenvalue weighted by Gasteiger charge is -2.03. The lowest BCUT2D eigenvalue weighted by Crippen LogP contribution is -2.19. The topological polar surface area (TPSA) is 104 Å². The zero-order chi connectivity index (χ0) is 12.1. The van der Waals surface area contributed by atoms with Gasteiger partial charge in [-0.1, -0.05) is 0 Å². The summed E-state index contributed by atoms with van der Waals surface area (Å²) in [6.45, 7) is 0. The molecule has 2 N–H and O–H groups in total. The third kappa shape index (κ3) is 2.79. The second kappa shape index (κ2) is 4.76. The molecule has 0 saturated heterocycles. The molecule has 7 nitrogen and oxygen atoms in total. The van der Waals surface area contributed by atoms with Gasteiger partial charge in [0.25, 0.3) is 0 Å². The number of urea groups is 1. The molecule has 0 unspecified atom stereocenters. The van der Waals surface area contributed by atoms with Gasteiger partial charge in [0.2, 0.25) is 0 Å². The average Bonchev–Trinajstić information content (AvgIpc) is 2.78. The van der Waals surface area contributed by atoms with Gasteiger partial charge < -0.3 is 9.73 Å². The second-order valence-corrected chi connectivity index (χ2v) is 2.97. The SMILES string of the molecule is N#Cc1coc(NC(=O)Nc2cccnc2)n1. The predicted molar refractivity (Wildman–Crippen MR) is 58.1 cm³/mol. The van der Waals surface area contributed by atoms with Gasteiger partial charge in [-0.2, -0.15) is 10.2 Å². The fraction of sp³-hybridized carbons (Fsp3) is 0. The molecule has 0 saturated carbocycles. The highest BCUT2D eigenvalue weighted by atomic mass is 16.4. The molecular weight excluding hydrogens is 222 g/mol. The van der Waals surface area contributed by atoms with Crippen molar-refractivity contribution < 1.29 is 9.21 Å². The number of anilines is 2. The van der Waals surface area contributed by atoms with Gasteiger partial charge in [-0.3, -0.25) is 10.3 Å². The zero-order valence-electron chi connectivity index (χ0n) is 8.54. The molecule has 0 bridgehead atoms. The van der Waals surface area contributed by atoms with Crippen LogP contribution in [0.4, 0.5) is 16.5 Å². The zero-order valence-corrected chi connectivity index (χ0v) is 8.54. The molecular formula is C10H7N5O2. The van der Waals surface area contributed by atoms with Crippen molar-refractivity contribution in [1.29, 1.82) is 5.26 Å². The Morgan fingerprint density at radius 2 is 2.35 bits per heavy atom. The molecule has 0 aromatic carbocycles. The van der Waals surface area contributed by atoms with Gasteiger partial charge in [0.1, 0.15) is 12.3 Å². The Hall–Kier alpha value is -2.88. The maximum absolute atomic E-state index is 11.4. The number of amides is 2. The molecule has 0 aliphatic carbocycles. The van der Waals surface area contributed by atoms with E-state index in [9.17, 15) is 4.79 Å². The molecule has 0 atom stereocenters. The molecule has 2 heterocycles. The van der Waals surface area contributed by atoms with Crippen LogP contribution in [-0.4, -0.2) is 16.0 Å². The summed E-state index contributed by atoms with van der Waals surface area (Å²) in [6, 6.07) is 4.59. The van der Waals surface area contributed by atoms with Gasteiger partial charge in [-0.15, -0.1) is 0 Å². The summed E-state index contributed by atoms with van der Waals surface area (Å²) in [7, 11) is 0. The highest BCUT2D eigenvalue weighted by Gasteiger charge is 2.07. The molecule has 2 amide bonds. The maximum Gasteiger partial charge on any atom is 0.327 e. The Bertz CT molecular complexity index is 558. The lowest BCUT2D eigenvalue weighted by atomic mass is 10.4. The van der Waals surface area contributed by atoms with E-state index in [1.807, 2.05) is 0 Å². The number of hydrogen-bond donors (Lipinski definition) is 2. The number of rotatable bonds is 2. The fourth-order valence-electron chi connectivity index (χ4n) is 1.08. The first kappa shape index (κ1) is 10.6. The molecule has 0 spiro atoms. The largest absolute Gasteiger partial charge is 0.430 e. The van der Waals surface area contributed by atoms with Crippen molar-refractivity contribution in [3.05, 3.63) is 36.5 Å². The van der Waals surface area contributed by atoms with Gasteiger partial charge in [-0.05, 0) is 12.1 Å². The lowest BCUT2D eigenvalue weighted by molar-refractivity contribution is 0.261. The smallest absolute Gasteiger partial charge is 0.327 e. The first-order valence-corrected chi connectivity index (χ1v) is 4.61. The molecule has 0 fully saturated rings. The molecule has 0 aliphatic heterocycles. The van der Waals surface area contributed by atoms with Crippen molar-refractivity contribution in [1.82, 2.24) is 9.97 Å². The van der Waals surface area contributed by atoms with Crippen molar-refractivity contribution in [2.45, 2.75) is 0 Å². The number of oxazole rings is 1. The molecule has 7 heteroatoms. The van der Waals surface area contributed by atoms with Crippen LogP contribution in [-0.2, 0) is 0 Å². The molecule has 2 rings (SSSR count). The van der Waals surface area contributed by atoms with E-state index < -0.39 is 6.03 Å². The van der Waals surface area contributed by atoms with E-state index in [1.165, 1.54) is 6.20 Å². The molecule has 2 aromatic rings. The standard InChI is InChI=1S/C10H7N5O2/c11-4-8-6-17-10(14-8)15-9(16)13-7-2-1-3-12-5-7/h1-3,5-6H,(H2,13,14,15,16). The van der Waals surface area contributed by atoms with Crippen molar-refractivity contribution in [2.75, 3.05) is 10.6 Å². The van der Waals surface area contributed by atoms with E-state index in [0.717, 1.165) is 6.26 Å². The minimum Gasteiger partial charge on any atom is -0.430 e. The Kier molecular flexibility index (Phi) is 2.98. The number of nitrogens with one attached hydrogen (secondary N) is 2. The molecule has 17 heavy (non-hydrogen) atoms. The first-order valence-electron chi connectivity index (χ1n) is 4.61. The van der Waals surface area contributed by atoms with Gasteiger partial charge in [0, 0.05) is 6.20 Å². The van der Waals surface area contributed by atoms with Crippen molar-refractivity contribution in [3.63, 3.8) is 0 Å². The maximum atomic E-state index is 11.4. The quantitative estimate of drug-likeness (QED) is 0.813. The highest BCUT2D eigenvalue weighted by molar-refractivity contribution is 5.98. The van der Waals surface area contributed by atoms with Crippen LogP contribution in [0.1, 0.15) is 5.69 Å². The first-order chi connectivity index (χ1) is 8.28. The van der Waals surface area contributed by atoms with Crippen LogP contribution in [0.25, 0.3) is 0 Å². The van der Waals surface area contributed by atoms with E-state index in [2.05, 4.69) is 20.6 Å². The molecule has 0 aliphatic rings. The number of nitriles is 1. The van der Waals surface area contributed by atoms with Crippen molar-refractivity contribution >= 4 is 17.7 Å². The van der Waals surface area contributed by atoms with E-state index in [0.29, 0.717) is 5.69 Å². The summed E-state index contributed by atoms with van der Waals surface area (Å²) in [5, 5.41) is 13.4. The molecule has 2 aromatic heterocycles. The molecule has 84 valence electrons. The van der Waals surface area contributed by atoms with Crippen molar-refractivity contribution in [3.8, 4) is 6.07 Å². The third-order valence-electron chi connectivity index (χ3n) is 1.76. The molecule has 0 radical (unpaired) electrons. The number of hydrogen-bond acceptors (Lipinski definition) is 5. The summed E-state index contributed by atoms with van der Waals surface area (Å²) < 4.78 is 4.84. The second-order valence-electron chi connectivity index (χ2n) is 2.97. The summed E-state index contributed by atoms with van der Waals surface area (Å²) in [5.41, 5.74) is 0.638. The Morgan fingerprint density at radius 1 is 1.47 bits per heavy atom. The van der Waals surface area contributed by atoms with Crippen LogP contribution in [0, 0.1) is 11.3 Å². The van der Waals surface area contributed by atoms with E-state index in [-0.39, 0.29) is 11.7 Å². The van der Waals surface area contributed by atoms with Crippen LogP contribution >= 0.6 is 0 Å². The monoisotopic (exact) mass is 229 g/mol. The Labute approximate surface area is 96.1 Å². The Morgan fingerprint density at radius 3 is 3.00 bits per heavy atom. The minimum atomic E-state index is -0.524. The third-order valence-corrected chi connectivity index (χ3v) is 1.76. The van der Waals surface area contributed by atoms with E-state index in [1.54, 1.807) is 24.4 Å². The number of nitrogens with zero attached hydrogens (tertiary/aromatic N) is 3. The number of aromatic nitrogens is 2. The fourth-order valence-corrected chi connectivity index (χ4v) is 1.08. The van der Waals surface area contributed by atoms with Gasteiger partial charge >= 0.3 is 12.0 Å². The number of carbonyl (C=O) groups is 1. The number of carbonyl (C=O) groups excluding carboxylic acids is 1.